The molecular weight excluding hydrogens is 300 g/mol. The summed E-state index contributed by atoms with van der Waals surface area (Å²) in [6.45, 7) is 2.15. The molecule has 0 heterocycles. The maximum absolute atomic E-state index is 12.2. The number of rotatable bonds is 8. The third-order valence-corrected chi connectivity index (χ3v) is 3.70. The van der Waals surface area contributed by atoms with Gasteiger partial charge in [-0.25, -0.2) is 0 Å². The van der Waals surface area contributed by atoms with Crippen molar-refractivity contribution in [2.45, 2.75) is 39.0 Å². The van der Waals surface area contributed by atoms with Gasteiger partial charge < -0.3 is 10.6 Å². The molecule has 4 nitrogen and oxygen atoms in total. The molecule has 126 valence electrons. The lowest BCUT2D eigenvalue weighted by atomic mass is 10.1. The third-order valence-electron chi connectivity index (χ3n) is 3.70. The Morgan fingerprint density at radius 1 is 0.833 bits per heavy atom. The predicted molar refractivity (Wildman–Crippen MR) is 98.2 cm³/mol. The van der Waals surface area contributed by atoms with Crippen molar-refractivity contribution in [1.82, 2.24) is 0 Å². The molecule has 0 saturated heterocycles. The Kier molecular flexibility index (Phi) is 7.02. The van der Waals surface area contributed by atoms with Gasteiger partial charge in [-0.1, -0.05) is 50.5 Å². The molecule has 4 heteroatoms. The highest BCUT2D eigenvalue weighted by molar-refractivity contribution is 6.04. The number of nitrogens with one attached hydrogen (secondary N) is 2. The van der Waals surface area contributed by atoms with Crippen molar-refractivity contribution in [3.8, 4) is 0 Å². The van der Waals surface area contributed by atoms with Crippen LogP contribution in [0.1, 0.15) is 49.4 Å². The average molecular weight is 324 g/mol. The van der Waals surface area contributed by atoms with Crippen LogP contribution < -0.4 is 10.6 Å². The molecule has 0 aromatic heterocycles. The number of anilines is 2. The number of carbonyl (C=O) groups is 2. The number of hydrogen-bond donors (Lipinski definition) is 2. The standard InChI is InChI=1S/C20H24N2O2/c1-2-3-4-8-14-19(23)21-17-12-9-13-18(15-17)22-20(24)16-10-6-5-7-11-16/h5-7,9-13,15H,2-4,8,14H2,1H3,(H,21,23)(H,22,24). The Morgan fingerprint density at radius 2 is 1.54 bits per heavy atom. The van der Waals surface area contributed by atoms with Crippen LogP contribution in [0.2, 0.25) is 0 Å². The minimum Gasteiger partial charge on any atom is -0.326 e. The molecule has 0 aliphatic rings. The van der Waals surface area contributed by atoms with Crippen molar-refractivity contribution in [2.24, 2.45) is 0 Å². The minimum atomic E-state index is -0.168. The molecule has 2 rings (SSSR count). The molecule has 2 aromatic rings. The molecule has 2 N–H and O–H groups in total. The van der Waals surface area contributed by atoms with Crippen LogP contribution in [-0.2, 0) is 4.79 Å². The summed E-state index contributed by atoms with van der Waals surface area (Å²) in [5.74, 6) is -0.156. The largest absolute Gasteiger partial charge is 0.326 e. The van der Waals surface area contributed by atoms with Gasteiger partial charge in [0.15, 0.2) is 0 Å². The zero-order chi connectivity index (χ0) is 17.2. The summed E-state index contributed by atoms with van der Waals surface area (Å²) in [5.41, 5.74) is 1.96. The molecule has 2 aromatic carbocycles. The second-order valence-electron chi connectivity index (χ2n) is 5.76. The van der Waals surface area contributed by atoms with Crippen LogP contribution >= 0.6 is 0 Å². The van der Waals surface area contributed by atoms with Crippen LogP contribution in [0.3, 0.4) is 0 Å². The maximum atomic E-state index is 12.2. The monoisotopic (exact) mass is 324 g/mol. The van der Waals surface area contributed by atoms with Gasteiger partial charge in [-0.05, 0) is 36.8 Å². The zero-order valence-corrected chi connectivity index (χ0v) is 14.0. The fourth-order valence-corrected chi connectivity index (χ4v) is 2.40. The lowest BCUT2D eigenvalue weighted by Gasteiger charge is -2.09. The number of amides is 2. The SMILES string of the molecule is CCCCCCC(=O)Nc1cccc(NC(=O)c2ccccc2)c1. The molecule has 0 atom stereocenters. The van der Waals surface area contributed by atoms with E-state index in [2.05, 4.69) is 17.6 Å². The highest BCUT2D eigenvalue weighted by atomic mass is 16.2. The van der Waals surface area contributed by atoms with Gasteiger partial charge in [-0.3, -0.25) is 9.59 Å². The third kappa shape index (κ3) is 5.88. The molecule has 0 spiro atoms. The number of unbranched alkanes of at least 4 members (excludes halogenated alkanes) is 3. The van der Waals surface area contributed by atoms with Crippen LogP contribution in [0.5, 0.6) is 0 Å². The molecule has 0 aliphatic carbocycles. The highest BCUT2D eigenvalue weighted by Gasteiger charge is 2.07. The molecule has 0 radical (unpaired) electrons. The summed E-state index contributed by atoms with van der Waals surface area (Å²) < 4.78 is 0. The highest BCUT2D eigenvalue weighted by Crippen LogP contribution is 2.17. The van der Waals surface area contributed by atoms with Crippen molar-refractivity contribution in [1.29, 1.82) is 0 Å². The van der Waals surface area contributed by atoms with Crippen molar-refractivity contribution in [3.05, 3.63) is 60.2 Å². The van der Waals surface area contributed by atoms with Crippen LogP contribution in [0.4, 0.5) is 11.4 Å². The molecule has 0 bridgehead atoms. The van der Waals surface area contributed by atoms with Gasteiger partial charge in [0.25, 0.3) is 5.91 Å². The summed E-state index contributed by atoms with van der Waals surface area (Å²) >= 11 is 0. The van der Waals surface area contributed by atoms with Crippen LogP contribution in [0.25, 0.3) is 0 Å². The fraction of sp³-hybridized carbons (Fsp3) is 0.300. The molecule has 0 saturated carbocycles. The smallest absolute Gasteiger partial charge is 0.255 e. The van der Waals surface area contributed by atoms with Crippen molar-refractivity contribution < 1.29 is 9.59 Å². The van der Waals surface area contributed by atoms with Gasteiger partial charge >= 0.3 is 0 Å². The summed E-state index contributed by atoms with van der Waals surface area (Å²) in [6.07, 6.45) is 4.83. The van der Waals surface area contributed by atoms with E-state index < -0.39 is 0 Å². The van der Waals surface area contributed by atoms with Gasteiger partial charge in [0.1, 0.15) is 0 Å². The summed E-state index contributed by atoms with van der Waals surface area (Å²) in [4.78, 5) is 24.1. The molecule has 2 amide bonds. The zero-order valence-electron chi connectivity index (χ0n) is 14.0. The number of hydrogen-bond acceptors (Lipinski definition) is 2. The van der Waals surface area contributed by atoms with Gasteiger partial charge in [0.05, 0.1) is 0 Å². The van der Waals surface area contributed by atoms with Crippen LogP contribution in [0, 0.1) is 0 Å². The molecule has 0 aliphatic heterocycles. The Hall–Kier alpha value is -2.62. The van der Waals surface area contributed by atoms with E-state index in [1.165, 1.54) is 0 Å². The number of benzene rings is 2. The summed E-state index contributed by atoms with van der Waals surface area (Å²) in [6, 6.07) is 16.2. The van der Waals surface area contributed by atoms with E-state index in [1.54, 1.807) is 24.3 Å². The lowest BCUT2D eigenvalue weighted by Crippen LogP contribution is -2.13. The first kappa shape index (κ1) is 17.7. The fourth-order valence-electron chi connectivity index (χ4n) is 2.40. The van der Waals surface area contributed by atoms with E-state index in [4.69, 9.17) is 0 Å². The Labute approximate surface area is 143 Å². The van der Waals surface area contributed by atoms with Crippen LogP contribution in [-0.4, -0.2) is 11.8 Å². The van der Waals surface area contributed by atoms with Crippen molar-refractivity contribution in [2.75, 3.05) is 10.6 Å². The van der Waals surface area contributed by atoms with Gasteiger partial charge in [0, 0.05) is 23.4 Å². The first-order valence-electron chi connectivity index (χ1n) is 8.45. The molecule has 0 unspecified atom stereocenters. The van der Waals surface area contributed by atoms with Gasteiger partial charge in [-0.2, -0.15) is 0 Å². The first-order chi connectivity index (χ1) is 11.7. The van der Waals surface area contributed by atoms with E-state index >= 15 is 0 Å². The summed E-state index contributed by atoms with van der Waals surface area (Å²) in [7, 11) is 0. The molecule has 24 heavy (non-hydrogen) atoms. The summed E-state index contributed by atoms with van der Waals surface area (Å²) in [5, 5.41) is 5.72. The van der Waals surface area contributed by atoms with Crippen molar-refractivity contribution in [3.63, 3.8) is 0 Å². The van der Waals surface area contributed by atoms with E-state index in [0.29, 0.717) is 23.4 Å². The Balaban J connectivity index is 1.89. The second-order valence-corrected chi connectivity index (χ2v) is 5.76. The lowest BCUT2D eigenvalue weighted by molar-refractivity contribution is -0.116. The second kappa shape index (κ2) is 9.50. The molecular formula is C20H24N2O2. The minimum absolute atomic E-state index is 0.0117. The van der Waals surface area contributed by atoms with E-state index in [0.717, 1.165) is 25.7 Å². The van der Waals surface area contributed by atoms with E-state index in [-0.39, 0.29) is 11.8 Å². The molecule has 0 fully saturated rings. The Morgan fingerprint density at radius 3 is 2.25 bits per heavy atom. The van der Waals surface area contributed by atoms with E-state index in [9.17, 15) is 9.59 Å². The van der Waals surface area contributed by atoms with Crippen molar-refractivity contribution >= 4 is 23.2 Å². The topological polar surface area (TPSA) is 58.2 Å². The van der Waals surface area contributed by atoms with Gasteiger partial charge in [0.2, 0.25) is 5.91 Å². The van der Waals surface area contributed by atoms with E-state index in [1.807, 2.05) is 30.3 Å². The average Bonchev–Trinajstić information content (AvgIpc) is 2.60. The van der Waals surface area contributed by atoms with Crippen LogP contribution in [0.15, 0.2) is 54.6 Å². The first-order valence-corrected chi connectivity index (χ1v) is 8.45. The maximum Gasteiger partial charge on any atom is 0.255 e. The Bertz CT molecular complexity index is 668. The normalized spacial score (nSPS) is 10.2. The quantitative estimate of drug-likeness (QED) is 0.682. The van der Waals surface area contributed by atoms with Gasteiger partial charge in [-0.15, -0.1) is 0 Å². The number of carbonyl (C=O) groups excluding carboxylic acids is 2. The predicted octanol–water partition coefficient (Wildman–Crippen LogP) is 4.85.